The van der Waals surface area contributed by atoms with E-state index in [9.17, 15) is 9.59 Å². The second kappa shape index (κ2) is 14.5. The first-order valence-electron chi connectivity index (χ1n) is 18.2. The highest BCUT2D eigenvalue weighted by atomic mass is 28.4. The molecule has 0 fully saturated rings. The molecular formula is C44H46N4O4Si. The first kappa shape index (κ1) is 35.9. The minimum absolute atomic E-state index is 0.0699. The normalized spacial score (nSPS) is 14.5. The van der Waals surface area contributed by atoms with Gasteiger partial charge in [0.15, 0.2) is 0 Å². The van der Waals surface area contributed by atoms with Crippen molar-refractivity contribution in [2.75, 3.05) is 6.61 Å². The Hall–Kier alpha value is -5.51. The fourth-order valence-electron chi connectivity index (χ4n) is 7.78. The zero-order chi connectivity index (χ0) is 37.3. The zero-order valence-corrected chi connectivity index (χ0v) is 31.9. The van der Waals surface area contributed by atoms with Gasteiger partial charge < -0.3 is 24.8 Å². The predicted molar refractivity (Wildman–Crippen MR) is 214 cm³/mol. The minimum atomic E-state index is -2.86. The van der Waals surface area contributed by atoms with Gasteiger partial charge >= 0.3 is 6.03 Å². The van der Waals surface area contributed by atoms with Crippen molar-refractivity contribution >= 4 is 41.6 Å². The molecule has 3 amide bonds. The highest BCUT2D eigenvalue weighted by Crippen LogP contribution is 2.44. The van der Waals surface area contributed by atoms with Gasteiger partial charge in [-0.25, -0.2) is 9.78 Å². The summed E-state index contributed by atoms with van der Waals surface area (Å²) in [5.74, 6) is 0.100. The maximum atomic E-state index is 13.9. The Bertz CT molecular complexity index is 2190. The molecule has 1 unspecified atom stereocenters. The predicted octanol–water partition coefficient (Wildman–Crippen LogP) is 8.20. The number of primary amides is 1. The van der Waals surface area contributed by atoms with Crippen LogP contribution >= 0.6 is 0 Å². The van der Waals surface area contributed by atoms with E-state index < -0.39 is 14.2 Å². The van der Waals surface area contributed by atoms with Crippen molar-refractivity contribution in [1.82, 2.24) is 15.2 Å². The number of nitrogens with zero attached hydrogens (tertiary/aromatic N) is 2. The Morgan fingerprint density at radius 2 is 1.53 bits per heavy atom. The summed E-state index contributed by atoms with van der Waals surface area (Å²) in [4.78, 5) is 33.4. The number of nitrogens with one attached hydrogen (secondary N) is 1. The lowest BCUT2D eigenvalue weighted by molar-refractivity contribution is 0.0995. The van der Waals surface area contributed by atoms with Gasteiger partial charge in [0, 0.05) is 41.3 Å². The van der Waals surface area contributed by atoms with Crippen LogP contribution in [0.3, 0.4) is 0 Å². The number of fused-ring (bicyclic) bond motifs is 2. The second-order valence-corrected chi connectivity index (χ2v) is 19.4. The van der Waals surface area contributed by atoms with Crippen LogP contribution in [0.1, 0.15) is 68.7 Å². The lowest BCUT2D eigenvalue weighted by Crippen LogP contribution is -2.66. The largest absolute Gasteiger partial charge is 0.456 e. The molecule has 0 radical (unpaired) electrons. The van der Waals surface area contributed by atoms with Crippen LogP contribution in [0, 0.1) is 0 Å². The van der Waals surface area contributed by atoms with E-state index in [1.54, 1.807) is 6.07 Å². The van der Waals surface area contributed by atoms with Gasteiger partial charge in [0.2, 0.25) is 0 Å². The Balaban J connectivity index is 1.32. The summed E-state index contributed by atoms with van der Waals surface area (Å²) in [6, 6.07) is 40.1. The summed E-state index contributed by atoms with van der Waals surface area (Å²) in [5, 5.41) is 6.28. The van der Waals surface area contributed by atoms with Gasteiger partial charge in [-0.3, -0.25) is 4.79 Å². The molecule has 0 saturated heterocycles. The molecule has 270 valence electrons. The van der Waals surface area contributed by atoms with Gasteiger partial charge in [-0.2, -0.15) is 0 Å². The number of urea groups is 1. The number of hydrogen-bond donors (Lipinski definition) is 2. The smallest absolute Gasteiger partial charge is 0.318 e. The zero-order valence-electron chi connectivity index (χ0n) is 30.9. The Labute approximate surface area is 312 Å². The molecule has 1 aliphatic rings. The lowest BCUT2D eigenvalue weighted by atomic mass is 9.94. The maximum absolute atomic E-state index is 13.9. The van der Waals surface area contributed by atoms with Crippen molar-refractivity contribution in [2.24, 2.45) is 5.73 Å². The molecule has 53 heavy (non-hydrogen) atoms. The molecule has 2 aromatic heterocycles. The maximum Gasteiger partial charge on any atom is 0.318 e. The van der Waals surface area contributed by atoms with E-state index in [2.05, 4.69) is 74.6 Å². The van der Waals surface area contributed by atoms with Gasteiger partial charge in [-0.15, -0.1) is 0 Å². The summed E-state index contributed by atoms with van der Waals surface area (Å²) in [5.41, 5.74) is 10.8. The highest BCUT2D eigenvalue weighted by Gasteiger charge is 2.50. The van der Waals surface area contributed by atoms with E-state index in [1.807, 2.05) is 85.5 Å². The number of rotatable bonds is 10. The molecule has 4 aromatic carbocycles. The number of nitrogens with two attached hydrogens (primary N) is 1. The number of amides is 3. The van der Waals surface area contributed by atoms with Crippen LogP contribution in [0.25, 0.3) is 33.6 Å². The highest BCUT2D eigenvalue weighted by molar-refractivity contribution is 6.99. The van der Waals surface area contributed by atoms with Crippen LogP contribution in [0.2, 0.25) is 5.04 Å². The molecule has 1 atom stereocenters. The third-order valence-corrected chi connectivity index (χ3v) is 15.1. The third kappa shape index (κ3) is 6.90. The van der Waals surface area contributed by atoms with Crippen molar-refractivity contribution in [1.29, 1.82) is 0 Å². The summed E-state index contributed by atoms with van der Waals surface area (Å²) < 4.78 is 13.6. The molecule has 8 nitrogen and oxygen atoms in total. The third-order valence-electron chi connectivity index (χ3n) is 10.1. The van der Waals surface area contributed by atoms with Crippen molar-refractivity contribution in [2.45, 2.75) is 64.7 Å². The average molecular weight is 723 g/mol. The van der Waals surface area contributed by atoms with Crippen LogP contribution in [-0.2, 0) is 11.0 Å². The minimum Gasteiger partial charge on any atom is -0.456 e. The quantitative estimate of drug-likeness (QED) is 0.139. The number of furan rings is 1. The van der Waals surface area contributed by atoms with E-state index >= 15 is 0 Å². The number of carbonyl (C=O) groups excluding carboxylic acids is 2. The van der Waals surface area contributed by atoms with Crippen molar-refractivity contribution in [3.8, 4) is 22.6 Å². The molecule has 7 rings (SSSR count). The van der Waals surface area contributed by atoms with Gasteiger partial charge in [-0.1, -0.05) is 118 Å². The Morgan fingerprint density at radius 3 is 2.15 bits per heavy atom. The first-order chi connectivity index (χ1) is 25.5. The summed E-state index contributed by atoms with van der Waals surface area (Å²) in [6.07, 6.45) is 0.511. The van der Waals surface area contributed by atoms with Gasteiger partial charge in [0.25, 0.3) is 14.2 Å². The Morgan fingerprint density at radius 1 is 0.887 bits per heavy atom. The van der Waals surface area contributed by atoms with Gasteiger partial charge in [0.1, 0.15) is 17.0 Å². The molecule has 0 saturated carbocycles. The summed E-state index contributed by atoms with van der Waals surface area (Å²) in [7, 11) is -2.86. The molecule has 0 aliphatic carbocycles. The van der Waals surface area contributed by atoms with Crippen molar-refractivity contribution in [3.05, 3.63) is 138 Å². The Kier molecular flexibility index (Phi) is 9.80. The molecule has 6 aromatic rings. The van der Waals surface area contributed by atoms with E-state index in [-0.39, 0.29) is 28.8 Å². The molecule has 1 aliphatic heterocycles. The first-order valence-corrected chi connectivity index (χ1v) is 20.1. The lowest BCUT2D eigenvalue weighted by Gasteiger charge is -2.43. The molecule has 3 heterocycles. The summed E-state index contributed by atoms with van der Waals surface area (Å²) in [6.45, 7) is 11.4. The van der Waals surface area contributed by atoms with Crippen molar-refractivity contribution < 1.29 is 18.4 Å². The number of para-hydroxylation sites is 1. The fourth-order valence-corrected chi connectivity index (χ4v) is 12.4. The van der Waals surface area contributed by atoms with Crippen LogP contribution in [0.15, 0.2) is 126 Å². The SMILES string of the molecule is CC(C)NC(=O)N1Cc2cc(C(N)=O)nc(-c3cccc(-c4cc5ccccc5o4)c3)c2C1CCO[Si](c1ccccc1)(c1ccccc1)C(C)(C)C. The standard InChI is InChI=1S/C44H46N4O4Si/c1-29(2)46-43(50)48-28-33-26-36(42(45)49)47-41(32-17-14-16-30(25-32)39-27-31-15-12-13-22-38(31)52-39)40(33)37(48)23-24-51-53(44(3,4)5,34-18-8-6-9-19-34)35-20-10-7-11-21-35/h6-22,25-27,29,37H,23-24,28H2,1-5H3,(H2,45,49)(H,46,50). The van der Waals surface area contributed by atoms with Gasteiger partial charge in [-0.05, 0) is 65.5 Å². The topological polar surface area (TPSA) is 111 Å². The number of carbonyl (C=O) groups is 2. The fraction of sp³-hybridized carbons (Fsp3) is 0.250. The monoisotopic (exact) mass is 722 g/mol. The van der Waals surface area contributed by atoms with E-state index in [0.717, 1.165) is 39.0 Å². The second-order valence-electron chi connectivity index (χ2n) is 15.1. The van der Waals surface area contributed by atoms with E-state index in [0.29, 0.717) is 25.3 Å². The van der Waals surface area contributed by atoms with Crippen LogP contribution in [0.5, 0.6) is 0 Å². The molecule has 3 N–H and O–H groups in total. The molecule has 9 heteroatoms. The number of pyridine rings is 1. The molecule has 0 bridgehead atoms. The number of aromatic nitrogens is 1. The number of hydrogen-bond acceptors (Lipinski definition) is 5. The molecular weight excluding hydrogens is 677 g/mol. The summed E-state index contributed by atoms with van der Waals surface area (Å²) >= 11 is 0. The van der Waals surface area contributed by atoms with Gasteiger partial charge in [0.05, 0.1) is 11.7 Å². The van der Waals surface area contributed by atoms with E-state index in [1.165, 1.54) is 10.4 Å². The number of benzene rings is 4. The average Bonchev–Trinajstić information content (AvgIpc) is 3.75. The van der Waals surface area contributed by atoms with E-state index in [4.69, 9.17) is 19.6 Å². The van der Waals surface area contributed by atoms with Crippen LogP contribution < -0.4 is 21.4 Å². The van der Waals surface area contributed by atoms with Crippen molar-refractivity contribution in [3.63, 3.8) is 0 Å². The van der Waals surface area contributed by atoms with Crippen LogP contribution in [-0.4, -0.2) is 42.8 Å². The molecule has 0 spiro atoms. The van der Waals surface area contributed by atoms with Crippen LogP contribution in [0.4, 0.5) is 4.79 Å².